The highest BCUT2D eigenvalue weighted by Gasteiger charge is 2.46. The van der Waals surface area contributed by atoms with E-state index in [0.29, 0.717) is 28.2 Å². The van der Waals surface area contributed by atoms with Crippen LogP contribution in [0.15, 0.2) is 64.5 Å². The largest absolute Gasteiger partial charge is 0.433 e. The van der Waals surface area contributed by atoms with Gasteiger partial charge in [-0.3, -0.25) is 9.78 Å². The lowest BCUT2D eigenvalue weighted by molar-refractivity contribution is -0.141. The molecule has 0 radical (unpaired) electrons. The molecule has 0 fully saturated rings. The normalized spacial score (nSPS) is 21.0. The first kappa shape index (κ1) is 20.8. The minimum absolute atomic E-state index is 0.273. The Bertz CT molecular complexity index is 1200. The molecule has 2 atom stereocenters. The van der Waals surface area contributed by atoms with Crippen molar-refractivity contribution in [3.05, 3.63) is 99.0 Å². The van der Waals surface area contributed by atoms with Crippen molar-refractivity contribution in [1.82, 2.24) is 15.3 Å². The number of alkyl halides is 3. The second-order valence-electron chi connectivity index (χ2n) is 7.41. The van der Waals surface area contributed by atoms with Crippen LogP contribution in [0.5, 0.6) is 0 Å². The van der Waals surface area contributed by atoms with Crippen molar-refractivity contribution in [3.8, 4) is 0 Å². The van der Waals surface area contributed by atoms with Gasteiger partial charge >= 0.3 is 6.18 Å². The fourth-order valence-corrected chi connectivity index (χ4v) is 3.72. The van der Waals surface area contributed by atoms with Crippen molar-refractivity contribution < 1.29 is 17.6 Å². The van der Waals surface area contributed by atoms with Gasteiger partial charge in [-0.1, -0.05) is 24.3 Å². The molecule has 3 aromatic rings. The number of pyridine rings is 2. The molecule has 9 heteroatoms. The smallest absolute Gasteiger partial charge is 0.363 e. The van der Waals surface area contributed by atoms with Crippen LogP contribution in [0.1, 0.15) is 35.0 Å². The molecule has 3 heterocycles. The molecule has 0 saturated carbocycles. The zero-order valence-corrected chi connectivity index (χ0v) is 16.6. The van der Waals surface area contributed by atoms with Crippen LogP contribution < -0.4 is 10.9 Å². The number of rotatable bonds is 3. The van der Waals surface area contributed by atoms with Crippen molar-refractivity contribution in [1.29, 1.82) is 0 Å². The molecule has 0 unspecified atom stereocenters. The maximum absolute atomic E-state index is 13.6. The summed E-state index contributed by atoms with van der Waals surface area (Å²) in [5.41, 5.74) is -0.529. The number of amidine groups is 1. The summed E-state index contributed by atoms with van der Waals surface area (Å²) in [4.78, 5) is 23.2. The van der Waals surface area contributed by atoms with Gasteiger partial charge in [0.05, 0.1) is 11.7 Å². The number of nitrogens with one attached hydrogen (secondary N) is 2. The standard InChI is InChI=1S/C22H18F4N4O/c1-12-3-9-17(29-20(12)31)19-28-13(2)21(30-19,14-4-7-16(23)8-5-14)15-6-10-18(27-11-15)22(24,25)26/h3-11,13H,1-2H3,(H,28,30)(H,29,31)/t13-,21-/m0/s1. The Labute approximate surface area is 174 Å². The van der Waals surface area contributed by atoms with E-state index in [1.165, 1.54) is 30.3 Å². The van der Waals surface area contributed by atoms with Crippen LogP contribution in [0.4, 0.5) is 17.6 Å². The predicted octanol–water partition coefficient (Wildman–Crippen LogP) is 3.92. The van der Waals surface area contributed by atoms with Gasteiger partial charge in [-0.05, 0) is 43.7 Å². The van der Waals surface area contributed by atoms with Crippen molar-refractivity contribution in [2.75, 3.05) is 0 Å². The average molecular weight is 430 g/mol. The molecule has 0 bridgehead atoms. The van der Waals surface area contributed by atoms with Crippen LogP contribution in [0.25, 0.3) is 0 Å². The minimum atomic E-state index is -4.57. The number of aryl methyl sites for hydroxylation is 1. The maximum Gasteiger partial charge on any atom is 0.433 e. The van der Waals surface area contributed by atoms with Gasteiger partial charge in [-0.15, -0.1) is 0 Å². The molecule has 0 aliphatic carbocycles. The van der Waals surface area contributed by atoms with Crippen LogP contribution in [0, 0.1) is 12.7 Å². The summed E-state index contributed by atoms with van der Waals surface area (Å²) in [5, 5.41) is 3.20. The van der Waals surface area contributed by atoms with E-state index >= 15 is 0 Å². The summed E-state index contributed by atoms with van der Waals surface area (Å²) in [5.74, 6) is -0.0797. The molecular weight excluding hydrogens is 412 g/mol. The van der Waals surface area contributed by atoms with Gasteiger partial charge in [0.15, 0.2) is 0 Å². The van der Waals surface area contributed by atoms with Crippen molar-refractivity contribution in [3.63, 3.8) is 0 Å². The van der Waals surface area contributed by atoms with Gasteiger partial charge in [0.25, 0.3) is 5.56 Å². The molecular formula is C22H18F4N4O. The highest BCUT2D eigenvalue weighted by Crippen LogP contribution is 2.41. The molecule has 4 rings (SSSR count). The first-order valence-corrected chi connectivity index (χ1v) is 9.48. The summed E-state index contributed by atoms with van der Waals surface area (Å²) < 4.78 is 52.6. The Morgan fingerprint density at radius 1 is 1.00 bits per heavy atom. The Balaban J connectivity index is 1.90. The highest BCUT2D eigenvalue weighted by molar-refractivity contribution is 5.99. The van der Waals surface area contributed by atoms with Crippen LogP contribution in [0.3, 0.4) is 0 Å². The molecule has 160 valence electrons. The first-order valence-electron chi connectivity index (χ1n) is 9.48. The summed E-state index contributed by atoms with van der Waals surface area (Å²) in [7, 11) is 0. The average Bonchev–Trinajstić information content (AvgIpc) is 3.08. The summed E-state index contributed by atoms with van der Waals surface area (Å²) in [6, 6.07) is 10.7. The van der Waals surface area contributed by atoms with E-state index in [1.807, 2.05) is 6.92 Å². The third-order valence-corrected chi connectivity index (χ3v) is 5.41. The SMILES string of the molecule is Cc1ccc(C2=N[C@@](c3ccc(F)cc3)(c3ccc(C(F)(F)F)nc3)[C@H](C)N2)[nH]c1=O. The Morgan fingerprint density at radius 3 is 2.26 bits per heavy atom. The number of aliphatic imine (C=N–C) groups is 1. The number of benzene rings is 1. The van der Waals surface area contributed by atoms with E-state index in [2.05, 4.69) is 15.3 Å². The molecule has 0 spiro atoms. The highest BCUT2D eigenvalue weighted by atomic mass is 19.4. The van der Waals surface area contributed by atoms with Gasteiger partial charge in [0.1, 0.15) is 22.9 Å². The van der Waals surface area contributed by atoms with Gasteiger partial charge in [0, 0.05) is 17.3 Å². The lowest BCUT2D eigenvalue weighted by atomic mass is 9.79. The predicted molar refractivity (Wildman–Crippen MR) is 107 cm³/mol. The third-order valence-electron chi connectivity index (χ3n) is 5.41. The monoisotopic (exact) mass is 430 g/mol. The first-order chi connectivity index (χ1) is 14.6. The fraction of sp³-hybridized carbons (Fsp3) is 0.227. The van der Waals surface area contributed by atoms with Gasteiger partial charge in [-0.2, -0.15) is 13.2 Å². The molecule has 0 amide bonds. The molecule has 2 aromatic heterocycles. The Kier molecular flexibility index (Phi) is 4.91. The molecule has 1 aliphatic rings. The molecule has 5 nitrogen and oxygen atoms in total. The topological polar surface area (TPSA) is 70.1 Å². The number of nitrogens with zero attached hydrogens (tertiary/aromatic N) is 2. The number of hydrogen-bond acceptors (Lipinski definition) is 4. The molecule has 1 aromatic carbocycles. The van der Waals surface area contributed by atoms with Crippen LogP contribution >= 0.6 is 0 Å². The number of aromatic nitrogens is 2. The van der Waals surface area contributed by atoms with E-state index in [-0.39, 0.29) is 5.56 Å². The van der Waals surface area contributed by atoms with E-state index in [4.69, 9.17) is 4.99 Å². The van der Waals surface area contributed by atoms with Crippen molar-refractivity contribution in [2.45, 2.75) is 31.6 Å². The quantitative estimate of drug-likeness (QED) is 0.619. The molecule has 0 saturated heterocycles. The number of aromatic amines is 1. The second-order valence-corrected chi connectivity index (χ2v) is 7.41. The van der Waals surface area contributed by atoms with E-state index in [9.17, 15) is 22.4 Å². The van der Waals surface area contributed by atoms with Crippen molar-refractivity contribution in [2.24, 2.45) is 4.99 Å². The lowest BCUT2D eigenvalue weighted by Crippen LogP contribution is -2.41. The minimum Gasteiger partial charge on any atom is -0.363 e. The Morgan fingerprint density at radius 2 is 1.68 bits per heavy atom. The van der Waals surface area contributed by atoms with Crippen LogP contribution in [0.2, 0.25) is 0 Å². The van der Waals surface area contributed by atoms with Gasteiger partial charge in [0.2, 0.25) is 0 Å². The summed E-state index contributed by atoms with van der Waals surface area (Å²) >= 11 is 0. The second kappa shape index (κ2) is 7.33. The van der Waals surface area contributed by atoms with Gasteiger partial charge in [-0.25, -0.2) is 9.38 Å². The lowest BCUT2D eigenvalue weighted by Gasteiger charge is -2.31. The van der Waals surface area contributed by atoms with Gasteiger partial charge < -0.3 is 10.3 Å². The number of hydrogen-bond donors (Lipinski definition) is 2. The molecule has 2 N–H and O–H groups in total. The fourth-order valence-electron chi connectivity index (χ4n) is 3.72. The Hall–Kier alpha value is -3.49. The third kappa shape index (κ3) is 3.60. The summed E-state index contributed by atoms with van der Waals surface area (Å²) in [6.45, 7) is 3.48. The van der Waals surface area contributed by atoms with E-state index in [1.54, 1.807) is 19.1 Å². The summed E-state index contributed by atoms with van der Waals surface area (Å²) in [6.07, 6.45) is -3.44. The molecule has 1 aliphatic heterocycles. The number of H-pyrrole nitrogens is 1. The van der Waals surface area contributed by atoms with E-state index < -0.39 is 29.3 Å². The molecule has 31 heavy (non-hydrogen) atoms. The zero-order valence-electron chi connectivity index (χ0n) is 16.6. The maximum atomic E-state index is 13.6. The number of halogens is 4. The van der Waals surface area contributed by atoms with Crippen LogP contribution in [-0.4, -0.2) is 21.8 Å². The van der Waals surface area contributed by atoms with E-state index in [0.717, 1.165) is 12.3 Å². The van der Waals surface area contributed by atoms with Crippen LogP contribution in [-0.2, 0) is 11.7 Å². The zero-order chi connectivity index (χ0) is 22.4. The van der Waals surface area contributed by atoms with Crippen molar-refractivity contribution >= 4 is 5.84 Å².